The molecule has 6 nitrogen and oxygen atoms in total. The Balaban J connectivity index is 1.63. The highest BCUT2D eigenvalue weighted by atomic mass is 16.6. The fourth-order valence-electron chi connectivity index (χ4n) is 3.57. The van der Waals surface area contributed by atoms with E-state index in [1.54, 1.807) is 0 Å². The number of ether oxygens (including phenoxy) is 1. The molecule has 1 aromatic carbocycles. The number of amides is 1. The minimum Gasteiger partial charge on any atom is -0.444 e. The van der Waals surface area contributed by atoms with Gasteiger partial charge in [-0.05, 0) is 52.0 Å². The zero-order chi connectivity index (χ0) is 20.6. The van der Waals surface area contributed by atoms with E-state index in [1.165, 1.54) is 5.56 Å². The second kappa shape index (κ2) is 10.2. The highest BCUT2D eigenvalue weighted by Crippen LogP contribution is 2.28. The Morgan fingerprint density at radius 3 is 2.50 bits per heavy atom. The summed E-state index contributed by atoms with van der Waals surface area (Å²) in [5.41, 5.74) is 6.36. The summed E-state index contributed by atoms with van der Waals surface area (Å²) in [4.78, 5) is 14.0. The van der Waals surface area contributed by atoms with Crippen LogP contribution >= 0.6 is 0 Å². The number of unbranched alkanes of at least 4 members (excludes halogenated alkanes) is 1. The predicted octanol–water partition coefficient (Wildman–Crippen LogP) is 3.04. The van der Waals surface area contributed by atoms with Crippen LogP contribution in [0.15, 0.2) is 30.3 Å². The average molecular weight is 392 g/mol. The zero-order valence-electron chi connectivity index (χ0n) is 17.6. The van der Waals surface area contributed by atoms with Crippen molar-refractivity contribution in [1.29, 1.82) is 0 Å². The Kier molecular flexibility index (Phi) is 8.28. The number of likely N-dealkylation sites (tertiary alicyclic amines) is 1. The van der Waals surface area contributed by atoms with Crippen LogP contribution in [0.1, 0.15) is 58.4 Å². The normalized spacial score (nSPS) is 18.5. The fourth-order valence-corrected chi connectivity index (χ4v) is 3.57. The number of hydrogen-bond donors (Lipinski definition) is 3. The van der Waals surface area contributed by atoms with E-state index in [0.29, 0.717) is 19.4 Å². The summed E-state index contributed by atoms with van der Waals surface area (Å²) in [5.74, 6) is 0. The molecule has 2 rings (SSSR count). The molecule has 0 aliphatic carbocycles. The molecule has 1 aromatic rings. The lowest BCUT2D eigenvalue weighted by molar-refractivity contribution is -0.0446. The van der Waals surface area contributed by atoms with Crippen LogP contribution in [-0.4, -0.2) is 53.0 Å². The number of hydrogen-bond acceptors (Lipinski definition) is 5. The van der Waals surface area contributed by atoms with Gasteiger partial charge in [0.25, 0.3) is 0 Å². The molecule has 0 radical (unpaired) electrons. The van der Waals surface area contributed by atoms with Gasteiger partial charge in [0.2, 0.25) is 0 Å². The Morgan fingerprint density at radius 2 is 1.89 bits per heavy atom. The predicted molar refractivity (Wildman–Crippen MR) is 112 cm³/mol. The first-order valence-corrected chi connectivity index (χ1v) is 10.4. The van der Waals surface area contributed by atoms with Crippen LogP contribution in [-0.2, 0) is 11.3 Å². The third-order valence-corrected chi connectivity index (χ3v) is 5.27. The van der Waals surface area contributed by atoms with Gasteiger partial charge >= 0.3 is 6.09 Å². The SMILES string of the molecule is CC(C)(C)OC(=O)NCCCCC(N)C1(O)CCN(Cc2ccccc2)CC1. The minimum atomic E-state index is -0.786. The molecule has 0 bridgehead atoms. The van der Waals surface area contributed by atoms with Crippen molar-refractivity contribution in [3.05, 3.63) is 35.9 Å². The van der Waals surface area contributed by atoms with Gasteiger partial charge in [-0.2, -0.15) is 0 Å². The summed E-state index contributed by atoms with van der Waals surface area (Å²) >= 11 is 0. The van der Waals surface area contributed by atoms with Crippen molar-refractivity contribution >= 4 is 6.09 Å². The smallest absolute Gasteiger partial charge is 0.407 e. The number of rotatable bonds is 8. The van der Waals surface area contributed by atoms with Gasteiger partial charge in [0.15, 0.2) is 0 Å². The molecule has 1 saturated heterocycles. The van der Waals surface area contributed by atoms with E-state index in [0.717, 1.165) is 38.9 Å². The number of nitrogens with zero attached hydrogens (tertiary/aromatic N) is 1. The molecule has 1 atom stereocenters. The van der Waals surface area contributed by atoms with Gasteiger partial charge in [-0.15, -0.1) is 0 Å². The number of aliphatic hydroxyl groups is 1. The second-order valence-electron chi connectivity index (χ2n) is 8.90. The van der Waals surface area contributed by atoms with Crippen LogP contribution in [0.2, 0.25) is 0 Å². The Labute approximate surface area is 169 Å². The Hall–Kier alpha value is -1.63. The highest BCUT2D eigenvalue weighted by Gasteiger charge is 2.37. The van der Waals surface area contributed by atoms with Crippen LogP contribution in [0, 0.1) is 0 Å². The van der Waals surface area contributed by atoms with Crippen molar-refractivity contribution in [1.82, 2.24) is 10.2 Å². The minimum absolute atomic E-state index is 0.229. The Morgan fingerprint density at radius 1 is 1.25 bits per heavy atom. The molecule has 4 N–H and O–H groups in total. The molecule has 0 spiro atoms. The van der Waals surface area contributed by atoms with Crippen LogP contribution in [0.5, 0.6) is 0 Å². The van der Waals surface area contributed by atoms with Crippen LogP contribution in [0.25, 0.3) is 0 Å². The topological polar surface area (TPSA) is 87.8 Å². The number of nitrogens with one attached hydrogen (secondary N) is 1. The summed E-state index contributed by atoms with van der Waals surface area (Å²) in [6, 6.07) is 10.2. The number of nitrogens with two attached hydrogens (primary N) is 1. The molecular formula is C22H37N3O3. The molecule has 1 aliphatic heterocycles. The molecule has 1 fully saturated rings. The van der Waals surface area contributed by atoms with E-state index in [9.17, 15) is 9.90 Å². The molecule has 1 heterocycles. The molecule has 0 saturated carbocycles. The number of alkyl carbamates (subject to hydrolysis) is 1. The van der Waals surface area contributed by atoms with Crippen LogP contribution in [0.3, 0.4) is 0 Å². The number of piperidine rings is 1. The lowest BCUT2D eigenvalue weighted by Crippen LogP contribution is -2.54. The van der Waals surface area contributed by atoms with E-state index in [1.807, 2.05) is 26.8 Å². The molecular weight excluding hydrogens is 354 g/mol. The van der Waals surface area contributed by atoms with E-state index >= 15 is 0 Å². The van der Waals surface area contributed by atoms with Gasteiger partial charge in [-0.25, -0.2) is 4.79 Å². The van der Waals surface area contributed by atoms with Gasteiger partial charge < -0.3 is 20.9 Å². The molecule has 158 valence electrons. The van der Waals surface area contributed by atoms with Gasteiger partial charge in [0, 0.05) is 32.2 Å². The summed E-state index contributed by atoms with van der Waals surface area (Å²) in [5, 5.41) is 13.7. The monoisotopic (exact) mass is 391 g/mol. The zero-order valence-corrected chi connectivity index (χ0v) is 17.6. The van der Waals surface area contributed by atoms with Gasteiger partial charge in [-0.1, -0.05) is 36.8 Å². The van der Waals surface area contributed by atoms with Crippen molar-refractivity contribution in [2.24, 2.45) is 5.73 Å². The molecule has 6 heteroatoms. The van der Waals surface area contributed by atoms with Crippen molar-refractivity contribution in [2.75, 3.05) is 19.6 Å². The molecule has 1 amide bonds. The van der Waals surface area contributed by atoms with Crippen molar-refractivity contribution < 1.29 is 14.6 Å². The standard InChI is InChI=1S/C22H37N3O3/c1-21(2,3)28-20(26)24-14-8-7-11-19(23)22(27)12-15-25(16-13-22)17-18-9-5-4-6-10-18/h4-6,9-10,19,27H,7-8,11-17,23H2,1-3H3,(H,24,26). The van der Waals surface area contributed by atoms with Gasteiger partial charge in [0.1, 0.15) is 5.60 Å². The largest absolute Gasteiger partial charge is 0.444 e. The molecule has 28 heavy (non-hydrogen) atoms. The summed E-state index contributed by atoms with van der Waals surface area (Å²) in [7, 11) is 0. The second-order valence-corrected chi connectivity index (χ2v) is 8.90. The van der Waals surface area contributed by atoms with E-state index in [2.05, 4.69) is 34.5 Å². The molecule has 0 aromatic heterocycles. The lowest BCUT2D eigenvalue weighted by atomic mass is 9.82. The third-order valence-electron chi connectivity index (χ3n) is 5.27. The maximum absolute atomic E-state index is 11.6. The van der Waals surface area contributed by atoms with Crippen molar-refractivity contribution in [3.8, 4) is 0 Å². The summed E-state index contributed by atoms with van der Waals surface area (Å²) in [6.07, 6.45) is 3.47. The van der Waals surface area contributed by atoms with Crippen LogP contribution < -0.4 is 11.1 Å². The van der Waals surface area contributed by atoms with Gasteiger partial charge in [-0.3, -0.25) is 4.90 Å². The average Bonchev–Trinajstić information content (AvgIpc) is 2.63. The third kappa shape index (κ3) is 7.78. The summed E-state index contributed by atoms with van der Waals surface area (Å²) < 4.78 is 5.21. The molecule has 1 aliphatic rings. The lowest BCUT2D eigenvalue weighted by Gasteiger charge is -2.41. The quantitative estimate of drug-likeness (QED) is 0.593. The fraction of sp³-hybridized carbons (Fsp3) is 0.682. The first-order chi connectivity index (χ1) is 13.2. The van der Waals surface area contributed by atoms with E-state index in [-0.39, 0.29) is 12.1 Å². The van der Waals surface area contributed by atoms with Crippen molar-refractivity contribution in [2.45, 2.75) is 76.7 Å². The number of benzene rings is 1. The van der Waals surface area contributed by atoms with E-state index in [4.69, 9.17) is 10.5 Å². The first-order valence-electron chi connectivity index (χ1n) is 10.4. The number of carbonyl (C=O) groups excluding carboxylic acids is 1. The van der Waals surface area contributed by atoms with Gasteiger partial charge in [0.05, 0.1) is 5.60 Å². The maximum Gasteiger partial charge on any atom is 0.407 e. The number of carbonyl (C=O) groups is 1. The first kappa shape index (κ1) is 22.7. The molecule has 1 unspecified atom stereocenters. The van der Waals surface area contributed by atoms with Crippen LogP contribution in [0.4, 0.5) is 4.79 Å². The van der Waals surface area contributed by atoms with Crippen molar-refractivity contribution in [3.63, 3.8) is 0 Å². The highest BCUT2D eigenvalue weighted by molar-refractivity contribution is 5.67. The Bertz CT molecular complexity index is 593. The van der Waals surface area contributed by atoms with E-state index < -0.39 is 11.2 Å². The summed E-state index contributed by atoms with van der Waals surface area (Å²) in [6.45, 7) is 8.73. The maximum atomic E-state index is 11.6.